The molecule has 0 N–H and O–H groups in total. The average Bonchev–Trinajstić information content (AvgIpc) is 3.54. The highest BCUT2D eigenvalue weighted by molar-refractivity contribution is 6.32. The van der Waals surface area contributed by atoms with E-state index in [0.29, 0.717) is 36.1 Å². The van der Waals surface area contributed by atoms with E-state index in [9.17, 15) is 0 Å². The van der Waals surface area contributed by atoms with Crippen molar-refractivity contribution in [3.05, 3.63) is 129 Å². The van der Waals surface area contributed by atoms with Crippen LogP contribution in [0.4, 0.5) is 11.4 Å². The Morgan fingerprint density at radius 1 is 0.844 bits per heavy atom. The number of anilines is 1. The lowest BCUT2D eigenvalue weighted by molar-refractivity contribution is 0.0706. The molecule has 0 bridgehead atoms. The molecule has 1 amide bonds. The normalized spacial score (nSPS) is 19.3. The summed E-state index contributed by atoms with van der Waals surface area (Å²) >= 11 is 6.55. The van der Waals surface area contributed by atoms with Gasteiger partial charge in [0.1, 0.15) is 17.4 Å². The first-order valence-electron chi connectivity index (χ1n) is 16.2. The summed E-state index contributed by atoms with van der Waals surface area (Å²) in [7, 11) is 0. The van der Waals surface area contributed by atoms with Crippen LogP contribution in [0.15, 0.2) is 101 Å². The van der Waals surface area contributed by atoms with Gasteiger partial charge in [0.2, 0.25) is 0 Å². The fraction of sp³-hybridized carbons (Fsp3) is 0.359. The molecule has 0 radical (unpaired) electrons. The monoisotopic (exact) mass is 618 g/mol. The van der Waals surface area contributed by atoms with Gasteiger partial charge in [-0.15, -0.1) is 0 Å². The SMILES string of the molecule is CC(C)c1cc(C(C)C)c(C(=O)N2CC[C@]3(N=Nc4ccccc4Cl)c4ccccc4N(Cc4ccccc4)[C@H]23)c(C(C)C)c1. The van der Waals surface area contributed by atoms with Gasteiger partial charge in [0.25, 0.3) is 5.91 Å². The molecule has 2 atom stereocenters. The topological polar surface area (TPSA) is 48.3 Å². The second-order valence-electron chi connectivity index (χ2n) is 13.4. The molecule has 4 aromatic carbocycles. The number of para-hydroxylation sites is 1. The smallest absolute Gasteiger partial charge is 0.256 e. The Bertz CT molecular complexity index is 1700. The van der Waals surface area contributed by atoms with E-state index in [2.05, 4.69) is 112 Å². The third-order valence-electron chi connectivity index (χ3n) is 9.42. The largest absolute Gasteiger partial charge is 0.344 e. The first-order chi connectivity index (χ1) is 21.6. The number of azo groups is 1. The minimum absolute atomic E-state index is 0.0726. The maximum atomic E-state index is 15.1. The molecule has 2 aliphatic rings. The van der Waals surface area contributed by atoms with Crippen molar-refractivity contribution < 1.29 is 4.79 Å². The van der Waals surface area contributed by atoms with Gasteiger partial charge in [0.05, 0.1) is 5.02 Å². The van der Waals surface area contributed by atoms with E-state index in [4.69, 9.17) is 21.8 Å². The Morgan fingerprint density at radius 3 is 2.11 bits per heavy atom. The van der Waals surface area contributed by atoms with Gasteiger partial charge >= 0.3 is 0 Å². The standard InChI is InChI=1S/C39H43ClN4O/c1-25(2)29-22-30(26(3)4)36(31(23-29)27(5)6)37(45)43-21-20-39(42-41-34-18-12-11-17-33(34)40)32-16-10-13-19-35(32)44(38(39)43)24-28-14-8-7-9-15-28/h7-19,22-23,25-27,38H,20-21,24H2,1-6H3/t38-,39-/m0/s1. The van der Waals surface area contributed by atoms with Crippen molar-refractivity contribution in [2.75, 3.05) is 11.4 Å². The van der Waals surface area contributed by atoms with E-state index >= 15 is 4.79 Å². The predicted octanol–water partition coefficient (Wildman–Crippen LogP) is 10.6. The van der Waals surface area contributed by atoms with Crippen molar-refractivity contribution in [3.8, 4) is 0 Å². The van der Waals surface area contributed by atoms with Crippen LogP contribution in [0.2, 0.25) is 5.02 Å². The Kier molecular flexibility index (Phi) is 8.58. The number of benzene rings is 4. The van der Waals surface area contributed by atoms with E-state index in [-0.39, 0.29) is 23.9 Å². The van der Waals surface area contributed by atoms with E-state index in [0.717, 1.165) is 27.9 Å². The molecule has 4 aromatic rings. The quantitative estimate of drug-likeness (QED) is 0.184. The number of hydrogen-bond donors (Lipinski definition) is 0. The van der Waals surface area contributed by atoms with Gasteiger partial charge in [-0.2, -0.15) is 10.2 Å². The summed E-state index contributed by atoms with van der Waals surface area (Å²) in [6.45, 7) is 14.4. The highest BCUT2D eigenvalue weighted by atomic mass is 35.5. The third kappa shape index (κ3) is 5.56. The van der Waals surface area contributed by atoms with Gasteiger partial charge in [-0.3, -0.25) is 4.79 Å². The first kappa shape index (κ1) is 31.0. The van der Waals surface area contributed by atoms with Gasteiger partial charge in [-0.1, -0.05) is 126 Å². The van der Waals surface area contributed by atoms with Crippen molar-refractivity contribution in [1.29, 1.82) is 0 Å². The lowest BCUT2D eigenvalue weighted by Crippen LogP contribution is -2.51. The predicted molar refractivity (Wildman–Crippen MR) is 185 cm³/mol. The van der Waals surface area contributed by atoms with E-state index in [1.54, 1.807) is 0 Å². The highest BCUT2D eigenvalue weighted by Gasteiger charge is 2.59. The summed E-state index contributed by atoms with van der Waals surface area (Å²) < 4.78 is 0. The number of nitrogens with zero attached hydrogens (tertiary/aromatic N) is 4. The maximum Gasteiger partial charge on any atom is 0.256 e. The van der Waals surface area contributed by atoms with Gasteiger partial charge < -0.3 is 9.80 Å². The number of likely N-dealkylation sites (tertiary alicyclic amines) is 1. The summed E-state index contributed by atoms with van der Waals surface area (Å²) in [6.07, 6.45) is 0.316. The molecule has 2 heterocycles. The number of fused-ring (bicyclic) bond motifs is 3. The van der Waals surface area contributed by atoms with Gasteiger partial charge in [0, 0.05) is 36.3 Å². The van der Waals surface area contributed by atoms with Crippen molar-refractivity contribution in [2.45, 2.75) is 84.0 Å². The van der Waals surface area contributed by atoms with Crippen molar-refractivity contribution >= 4 is 28.9 Å². The van der Waals surface area contributed by atoms with Crippen LogP contribution in [0.5, 0.6) is 0 Å². The molecule has 6 rings (SSSR count). The molecule has 1 saturated heterocycles. The van der Waals surface area contributed by atoms with Crippen LogP contribution in [0.25, 0.3) is 0 Å². The third-order valence-corrected chi connectivity index (χ3v) is 9.74. The highest BCUT2D eigenvalue weighted by Crippen LogP contribution is 2.55. The van der Waals surface area contributed by atoms with Crippen molar-refractivity contribution in [2.24, 2.45) is 10.2 Å². The maximum absolute atomic E-state index is 15.1. The Labute approximate surface area is 272 Å². The van der Waals surface area contributed by atoms with E-state index in [1.807, 2.05) is 30.3 Å². The molecule has 0 aliphatic carbocycles. The number of halogens is 1. The molecule has 2 aliphatic heterocycles. The molecule has 232 valence electrons. The summed E-state index contributed by atoms with van der Waals surface area (Å²) in [5.41, 5.74) is 7.62. The molecule has 6 heteroatoms. The Hall–Kier alpha value is -3.96. The molecular weight excluding hydrogens is 576 g/mol. The molecule has 0 spiro atoms. The van der Waals surface area contributed by atoms with Crippen molar-refractivity contribution in [1.82, 2.24) is 4.90 Å². The second kappa shape index (κ2) is 12.4. The first-order valence-corrected chi connectivity index (χ1v) is 16.6. The lowest BCUT2D eigenvalue weighted by Gasteiger charge is -2.37. The van der Waals surface area contributed by atoms with Crippen LogP contribution in [0.3, 0.4) is 0 Å². The van der Waals surface area contributed by atoms with Gasteiger partial charge in [0.15, 0.2) is 0 Å². The zero-order valence-corrected chi connectivity index (χ0v) is 27.9. The number of carbonyl (C=O) groups is 1. The molecule has 5 nitrogen and oxygen atoms in total. The molecular formula is C39H43ClN4O. The summed E-state index contributed by atoms with van der Waals surface area (Å²) in [5, 5.41) is 10.5. The van der Waals surface area contributed by atoms with Crippen LogP contribution in [0, 0.1) is 0 Å². The summed E-state index contributed by atoms with van der Waals surface area (Å²) in [5.74, 6) is 0.852. The number of amides is 1. The van der Waals surface area contributed by atoms with E-state index in [1.165, 1.54) is 11.1 Å². The van der Waals surface area contributed by atoms with Crippen LogP contribution in [-0.4, -0.2) is 23.5 Å². The van der Waals surface area contributed by atoms with Crippen LogP contribution >= 0.6 is 11.6 Å². The zero-order chi connectivity index (χ0) is 31.9. The van der Waals surface area contributed by atoms with Crippen LogP contribution in [0.1, 0.15) is 104 Å². The number of rotatable bonds is 8. The molecule has 0 unspecified atom stereocenters. The Morgan fingerprint density at radius 2 is 1.47 bits per heavy atom. The van der Waals surface area contributed by atoms with Crippen LogP contribution in [-0.2, 0) is 12.1 Å². The lowest BCUT2D eigenvalue weighted by atomic mass is 9.84. The summed E-state index contributed by atoms with van der Waals surface area (Å²) in [4.78, 5) is 19.6. The van der Waals surface area contributed by atoms with Crippen molar-refractivity contribution in [3.63, 3.8) is 0 Å². The number of hydrogen-bond acceptors (Lipinski definition) is 4. The van der Waals surface area contributed by atoms with Gasteiger partial charge in [-0.05, 0) is 58.2 Å². The minimum atomic E-state index is -0.742. The Balaban J connectivity index is 1.53. The molecule has 45 heavy (non-hydrogen) atoms. The van der Waals surface area contributed by atoms with Crippen LogP contribution < -0.4 is 4.90 Å². The fourth-order valence-electron chi connectivity index (χ4n) is 7.06. The molecule has 0 saturated carbocycles. The van der Waals surface area contributed by atoms with Gasteiger partial charge in [-0.25, -0.2) is 0 Å². The molecule has 1 fully saturated rings. The minimum Gasteiger partial charge on any atom is -0.344 e. The fourth-order valence-corrected chi connectivity index (χ4v) is 7.24. The average molecular weight is 619 g/mol. The number of carbonyl (C=O) groups excluding carboxylic acids is 1. The summed E-state index contributed by atoms with van der Waals surface area (Å²) in [6, 6.07) is 31.0. The second-order valence-corrected chi connectivity index (χ2v) is 13.8. The zero-order valence-electron chi connectivity index (χ0n) is 27.2. The molecule has 0 aromatic heterocycles. The van der Waals surface area contributed by atoms with E-state index < -0.39 is 5.54 Å².